The maximum atomic E-state index is 13.4. The van der Waals surface area contributed by atoms with E-state index in [4.69, 9.17) is 4.74 Å². The monoisotopic (exact) mass is 350 g/mol. The highest BCUT2D eigenvalue weighted by Crippen LogP contribution is 2.15. The second-order valence-electron chi connectivity index (χ2n) is 5.55. The summed E-state index contributed by atoms with van der Waals surface area (Å²) in [5, 5.41) is 17.3. The first-order chi connectivity index (χ1) is 12.1. The van der Waals surface area contributed by atoms with Gasteiger partial charge in [-0.1, -0.05) is 12.1 Å². The number of halogens is 1. The molecule has 1 amide bonds. The number of hydrogen-bond acceptors (Lipinski definition) is 6. The maximum Gasteiger partial charge on any atom is 0.245 e. The lowest BCUT2D eigenvalue weighted by Gasteiger charge is -2.18. The number of rotatable bonds is 10. The first kappa shape index (κ1) is 18.9. The van der Waals surface area contributed by atoms with E-state index in [0.717, 1.165) is 0 Å². The van der Waals surface area contributed by atoms with Crippen LogP contribution in [-0.4, -0.2) is 59.5 Å². The lowest BCUT2D eigenvalue weighted by atomic mass is 10.1. The Morgan fingerprint density at radius 1 is 1.36 bits per heavy atom. The number of methoxy groups -OCH3 is 1. The van der Waals surface area contributed by atoms with Crippen LogP contribution in [0.5, 0.6) is 0 Å². The Morgan fingerprint density at radius 3 is 2.88 bits per heavy atom. The molecule has 0 aliphatic rings. The highest BCUT2D eigenvalue weighted by Gasteiger charge is 2.24. The third-order valence-electron chi connectivity index (χ3n) is 3.66. The fourth-order valence-corrected chi connectivity index (χ4v) is 2.39. The molecule has 0 aliphatic carbocycles. The second kappa shape index (κ2) is 9.80. The molecule has 1 aromatic heterocycles. The van der Waals surface area contributed by atoms with E-state index in [1.165, 1.54) is 16.8 Å². The normalized spacial score (nSPS) is 12.1. The van der Waals surface area contributed by atoms with Crippen molar-refractivity contribution >= 4 is 5.91 Å². The molecule has 0 fully saturated rings. The summed E-state index contributed by atoms with van der Waals surface area (Å²) in [6.45, 7) is 4.13. The number of ether oxygens (including phenoxy) is 1. The number of tetrazole rings is 1. The van der Waals surface area contributed by atoms with Crippen LogP contribution in [0.2, 0.25) is 0 Å². The zero-order valence-corrected chi connectivity index (χ0v) is 14.4. The van der Waals surface area contributed by atoms with Crippen molar-refractivity contribution < 1.29 is 13.9 Å². The summed E-state index contributed by atoms with van der Waals surface area (Å²) < 4.78 is 19.8. The minimum absolute atomic E-state index is 0.215. The molecule has 25 heavy (non-hydrogen) atoms. The SMILES string of the molecule is COCCNCCNC(=O)C(Cc1cccc(F)c1)n1nnnc1C. The molecule has 0 radical (unpaired) electrons. The van der Waals surface area contributed by atoms with E-state index in [2.05, 4.69) is 26.2 Å². The molecule has 1 atom stereocenters. The number of benzene rings is 1. The Labute approximate surface area is 145 Å². The number of hydrogen-bond donors (Lipinski definition) is 2. The lowest BCUT2D eigenvalue weighted by Crippen LogP contribution is -2.39. The summed E-state index contributed by atoms with van der Waals surface area (Å²) in [4.78, 5) is 12.6. The molecular weight excluding hydrogens is 327 g/mol. The minimum atomic E-state index is -0.643. The van der Waals surface area contributed by atoms with Crippen LogP contribution in [0.1, 0.15) is 17.4 Å². The smallest absolute Gasteiger partial charge is 0.245 e. The molecule has 1 aromatic carbocycles. The van der Waals surface area contributed by atoms with Gasteiger partial charge in [0.15, 0.2) is 0 Å². The molecule has 0 bridgehead atoms. The topological polar surface area (TPSA) is 94.0 Å². The van der Waals surface area contributed by atoms with E-state index in [1.54, 1.807) is 26.2 Å². The Bertz CT molecular complexity index is 678. The predicted octanol–water partition coefficient (Wildman–Crippen LogP) is 0.257. The van der Waals surface area contributed by atoms with Crippen LogP contribution in [0.3, 0.4) is 0 Å². The average Bonchev–Trinajstić information content (AvgIpc) is 3.01. The Morgan fingerprint density at radius 2 is 2.20 bits per heavy atom. The molecule has 2 rings (SSSR count). The molecule has 136 valence electrons. The fourth-order valence-electron chi connectivity index (χ4n) is 2.39. The van der Waals surface area contributed by atoms with Gasteiger partial charge in [0, 0.05) is 33.2 Å². The van der Waals surface area contributed by atoms with Crippen LogP contribution in [0.15, 0.2) is 24.3 Å². The first-order valence-electron chi connectivity index (χ1n) is 8.08. The lowest BCUT2D eigenvalue weighted by molar-refractivity contribution is -0.124. The third-order valence-corrected chi connectivity index (χ3v) is 3.66. The van der Waals surface area contributed by atoms with E-state index < -0.39 is 6.04 Å². The maximum absolute atomic E-state index is 13.4. The second-order valence-corrected chi connectivity index (χ2v) is 5.55. The number of aromatic nitrogens is 4. The first-order valence-corrected chi connectivity index (χ1v) is 8.08. The Hall–Kier alpha value is -2.39. The third kappa shape index (κ3) is 5.87. The van der Waals surface area contributed by atoms with Gasteiger partial charge in [-0.25, -0.2) is 9.07 Å². The zero-order valence-electron chi connectivity index (χ0n) is 14.4. The van der Waals surface area contributed by atoms with Crippen molar-refractivity contribution in [2.75, 3.05) is 33.4 Å². The van der Waals surface area contributed by atoms with Crippen molar-refractivity contribution in [2.45, 2.75) is 19.4 Å². The van der Waals surface area contributed by atoms with Crippen LogP contribution in [0, 0.1) is 12.7 Å². The number of carbonyl (C=O) groups excluding carboxylic acids is 1. The summed E-state index contributed by atoms with van der Waals surface area (Å²) in [5.74, 6) is -0.0320. The molecule has 0 saturated heterocycles. The van der Waals surface area contributed by atoms with Crippen LogP contribution >= 0.6 is 0 Å². The van der Waals surface area contributed by atoms with Gasteiger partial charge >= 0.3 is 0 Å². The summed E-state index contributed by atoms with van der Waals surface area (Å²) in [6.07, 6.45) is 0.298. The highest BCUT2D eigenvalue weighted by molar-refractivity contribution is 5.80. The minimum Gasteiger partial charge on any atom is -0.383 e. The van der Waals surface area contributed by atoms with Gasteiger partial charge in [-0.2, -0.15) is 0 Å². The molecule has 1 unspecified atom stereocenters. The summed E-state index contributed by atoms with van der Waals surface area (Å²) in [7, 11) is 1.63. The van der Waals surface area contributed by atoms with Gasteiger partial charge in [0.1, 0.15) is 17.7 Å². The molecule has 2 aromatic rings. The van der Waals surface area contributed by atoms with Crippen LogP contribution < -0.4 is 10.6 Å². The molecule has 0 aliphatic heterocycles. The van der Waals surface area contributed by atoms with E-state index in [0.29, 0.717) is 44.0 Å². The predicted molar refractivity (Wildman–Crippen MR) is 89.5 cm³/mol. The largest absolute Gasteiger partial charge is 0.383 e. The van der Waals surface area contributed by atoms with Gasteiger partial charge in [-0.3, -0.25) is 4.79 Å². The molecular formula is C16H23FN6O2. The van der Waals surface area contributed by atoms with E-state index in [1.807, 2.05) is 0 Å². The van der Waals surface area contributed by atoms with Gasteiger partial charge in [-0.15, -0.1) is 5.10 Å². The van der Waals surface area contributed by atoms with Crippen molar-refractivity contribution in [2.24, 2.45) is 0 Å². The zero-order chi connectivity index (χ0) is 18.1. The fraction of sp³-hybridized carbons (Fsp3) is 0.500. The van der Waals surface area contributed by atoms with E-state index >= 15 is 0 Å². The highest BCUT2D eigenvalue weighted by atomic mass is 19.1. The molecule has 0 saturated carbocycles. The van der Waals surface area contributed by atoms with Gasteiger partial charge in [0.25, 0.3) is 0 Å². The Balaban J connectivity index is 1.99. The van der Waals surface area contributed by atoms with Crippen molar-refractivity contribution in [1.82, 2.24) is 30.8 Å². The van der Waals surface area contributed by atoms with Crippen molar-refractivity contribution in [3.63, 3.8) is 0 Å². The number of amides is 1. The molecule has 2 N–H and O–H groups in total. The van der Waals surface area contributed by atoms with Crippen molar-refractivity contribution in [3.05, 3.63) is 41.5 Å². The average molecular weight is 350 g/mol. The van der Waals surface area contributed by atoms with Crippen LogP contribution in [0.4, 0.5) is 4.39 Å². The Kier molecular flexibility index (Phi) is 7.42. The van der Waals surface area contributed by atoms with Crippen LogP contribution in [0.25, 0.3) is 0 Å². The molecule has 9 heteroatoms. The van der Waals surface area contributed by atoms with Gasteiger partial charge < -0.3 is 15.4 Å². The van der Waals surface area contributed by atoms with E-state index in [9.17, 15) is 9.18 Å². The summed E-state index contributed by atoms with van der Waals surface area (Å²) in [5.41, 5.74) is 0.702. The van der Waals surface area contributed by atoms with Gasteiger partial charge in [-0.05, 0) is 35.0 Å². The molecule has 1 heterocycles. The number of aryl methyl sites for hydroxylation is 1. The standard InChI is InChI=1S/C16H23FN6O2/c1-12-20-21-22-23(12)15(11-13-4-3-5-14(17)10-13)16(24)19-7-6-18-8-9-25-2/h3-5,10,15,18H,6-9,11H2,1-2H3,(H,19,24). The van der Waals surface area contributed by atoms with Crippen molar-refractivity contribution in [3.8, 4) is 0 Å². The van der Waals surface area contributed by atoms with E-state index in [-0.39, 0.29) is 11.7 Å². The quantitative estimate of drug-likeness (QED) is 0.597. The van der Waals surface area contributed by atoms with Crippen molar-refractivity contribution in [1.29, 1.82) is 0 Å². The summed E-state index contributed by atoms with van der Waals surface area (Å²) in [6, 6.07) is 5.52. The summed E-state index contributed by atoms with van der Waals surface area (Å²) >= 11 is 0. The number of nitrogens with zero attached hydrogens (tertiary/aromatic N) is 4. The van der Waals surface area contributed by atoms with Crippen LogP contribution in [-0.2, 0) is 16.0 Å². The number of nitrogens with one attached hydrogen (secondary N) is 2. The van der Waals surface area contributed by atoms with Gasteiger partial charge in [0.2, 0.25) is 5.91 Å². The van der Waals surface area contributed by atoms with Gasteiger partial charge in [0.05, 0.1) is 6.61 Å². The number of carbonyl (C=O) groups is 1. The molecule has 0 spiro atoms. The molecule has 8 nitrogen and oxygen atoms in total.